The second kappa shape index (κ2) is 6.89. The third-order valence-electron chi connectivity index (χ3n) is 3.16. The van der Waals surface area contributed by atoms with Gasteiger partial charge in [-0.05, 0) is 36.4 Å². The lowest BCUT2D eigenvalue weighted by atomic mass is 10.3. The van der Waals surface area contributed by atoms with Gasteiger partial charge >= 0.3 is 0 Å². The van der Waals surface area contributed by atoms with Crippen molar-refractivity contribution < 1.29 is 17.2 Å². The summed E-state index contributed by atoms with van der Waals surface area (Å²) >= 11 is 3.11. The molecule has 0 aliphatic rings. The second-order valence-corrected chi connectivity index (χ2v) is 10.0. The molecule has 0 unspecified atom stereocenters. The number of halogens is 2. The quantitative estimate of drug-likeness (QED) is 0.621. The Bertz CT molecular complexity index is 1030. The van der Waals surface area contributed by atoms with Crippen LogP contribution in [0.4, 0.5) is 14.5 Å². The number of sulfonamides is 1. The van der Waals surface area contributed by atoms with E-state index in [4.69, 9.17) is 0 Å². The Morgan fingerprint density at radius 2 is 1.88 bits per heavy atom. The summed E-state index contributed by atoms with van der Waals surface area (Å²) in [6, 6.07) is 7.44. The van der Waals surface area contributed by atoms with Gasteiger partial charge in [-0.2, -0.15) is 0 Å². The van der Waals surface area contributed by atoms with Gasteiger partial charge in [-0.15, -0.1) is 11.3 Å². The second-order valence-electron chi connectivity index (χ2n) is 5.51. The maximum absolute atomic E-state index is 13.3. The number of anilines is 1. The standard InChI is InChI=1S/C16H14F2N2O2S3/c1-9(2)23-16-19-14-6-3-10(7-15(14)24-16)20-25(21,22)11-4-5-12(17)13(18)8-11/h3-9,20H,1-2H3. The van der Waals surface area contributed by atoms with Gasteiger partial charge in [0.2, 0.25) is 0 Å². The Balaban J connectivity index is 1.89. The van der Waals surface area contributed by atoms with Crippen molar-refractivity contribution in [2.45, 2.75) is 28.3 Å². The molecule has 0 fully saturated rings. The highest BCUT2D eigenvalue weighted by atomic mass is 32.2. The van der Waals surface area contributed by atoms with E-state index in [-0.39, 0.29) is 4.90 Å². The van der Waals surface area contributed by atoms with Crippen LogP contribution in [0.15, 0.2) is 45.6 Å². The van der Waals surface area contributed by atoms with E-state index in [1.165, 1.54) is 11.3 Å². The zero-order valence-electron chi connectivity index (χ0n) is 13.3. The lowest BCUT2D eigenvalue weighted by Gasteiger charge is -2.08. The highest BCUT2D eigenvalue weighted by Crippen LogP contribution is 2.33. The van der Waals surface area contributed by atoms with Crippen molar-refractivity contribution in [2.24, 2.45) is 0 Å². The zero-order valence-corrected chi connectivity index (χ0v) is 15.7. The average Bonchev–Trinajstić information content (AvgIpc) is 2.90. The highest BCUT2D eigenvalue weighted by molar-refractivity contribution is 8.01. The van der Waals surface area contributed by atoms with E-state index in [0.717, 1.165) is 26.7 Å². The van der Waals surface area contributed by atoms with Crippen molar-refractivity contribution in [1.29, 1.82) is 0 Å². The summed E-state index contributed by atoms with van der Waals surface area (Å²) in [4.78, 5) is 4.14. The van der Waals surface area contributed by atoms with Gasteiger partial charge < -0.3 is 0 Å². The van der Waals surface area contributed by atoms with Gasteiger partial charge in [-0.3, -0.25) is 4.72 Å². The predicted molar refractivity (Wildman–Crippen MR) is 97.8 cm³/mol. The van der Waals surface area contributed by atoms with Crippen molar-refractivity contribution in [2.75, 3.05) is 4.72 Å². The van der Waals surface area contributed by atoms with Crippen LogP contribution < -0.4 is 4.72 Å². The molecular formula is C16H14F2N2O2S3. The summed E-state index contributed by atoms with van der Waals surface area (Å²) in [5.74, 6) is -2.31. The Kier molecular flexibility index (Phi) is 4.99. The van der Waals surface area contributed by atoms with E-state index in [2.05, 4.69) is 23.6 Å². The molecule has 0 radical (unpaired) electrons. The van der Waals surface area contributed by atoms with Crippen LogP contribution in [0.1, 0.15) is 13.8 Å². The largest absolute Gasteiger partial charge is 0.280 e. The molecular weight excluding hydrogens is 386 g/mol. The lowest BCUT2D eigenvalue weighted by molar-refractivity contribution is 0.504. The van der Waals surface area contributed by atoms with E-state index < -0.39 is 21.7 Å². The fourth-order valence-electron chi connectivity index (χ4n) is 2.08. The molecule has 1 N–H and O–H groups in total. The van der Waals surface area contributed by atoms with Crippen molar-refractivity contribution in [1.82, 2.24) is 4.98 Å². The average molecular weight is 400 g/mol. The van der Waals surface area contributed by atoms with E-state index in [1.54, 1.807) is 30.0 Å². The molecule has 3 aromatic rings. The number of aromatic nitrogens is 1. The summed E-state index contributed by atoms with van der Waals surface area (Å²) in [7, 11) is -4.01. The van der Waals surface area contributed by atoms with Crippen LogP contribution >= 0.6 is 23.1 Å². The van der Waals surface area contributed by atoms with Crippen molar-refractivity contribution >= 4 is 49.0 Å². The number of hydrogen-bond donors (Lipinski definition) is 1. The summed E-state index contributed by atoms with van der Waals surface area (Å²) in [6.45, 7) is 4.14. The Morgan fingerprint density at radius 1 is 1.12 bits per heavy atom. The maximum Gasteiger partial charge on any atom is 0.261 e. The van der Waals surface area contributed by atoms with E-state index >= 15 is 0 Å². The monoisotopic (exact) mass is 400 g/mol. The lowest BCUT2D eigenvalue weighted by Crippen LogP contribution is -2.13. The minimum atomic E-state index is -4.01. The molecule has 0 aliphatic heterocycles. The normalized spacial score (nSPS) is 12.0. The molecule has 9 heteroatoms. The minimum Gasteiger partial charge on any atom is -0.280 e. The Hall–Kier alpha value is -1.71. The number of benzene rings is 2. The van der Waals surface area contributed by atoms with E-state index in [9.17, 15) is 17.2 Å². The zero-order chi connectivity index (χ0) is 18.2. The molecule has 0 saturated heterocycles. The van der Waals surface area contributed by atoms with Crippen LogP contribution in [0.2, 0.25) is 0 Å². The van der Waals surface area contributed by atoms with Gasteiger partial charge in [0.25, 0.3) is 10.0 Å². The van der Waals surface area contributed by atoms with E-state index in [1.807, 2.05) is 0 Å². The van der Waals surface area contributed by atoms with Crippen LogP contribution in [0.3, 0.4) is 0 Å². The van der Waals surface area contributed by atoms with Crippen molar-refractivity contribution in [3.63, 3.8) is 0 Å². The molecule has 1 heterocycles. The first kappa shape index (κ1) is 18.1. The topological polar surface area (TPSA) is 59.1 Å². The number of fused-ring (bicyclic) bond motifs is 1. The number of nitrogens with one attached hydrogen (secondary N) is 1. The van der Waals surface area contributed by atoms with Crippen molar-refractivity contribution in [3.05, 3.63) is 48.0 Å². The van der Waals surface area contributed by atoms with Crippen LogP contribution in [-0.4, -0.2) is 18.7 Å². The van der Waals surface area contributed by atoms with Gasteiger partial charge in [0.05, 0.1) is 20.8 Å². The van der Waals surface area contributed by atoms with Gasteiger partial charge in [-0.25, -0.2) is 22.2 Å². The van der Waals surface area contributed by atoms with Crippen LogP contribution in [-0.2, 0) is 10.0 Å². The Labute approximate surface area is 152 Å². The minimum absolute atomic E-state index is 0.335. The maximum atomic E-state index is 13.3. The summed E-state index contributed by atoms with van der Waals surface area (Å²) in [5.41, 5.74) is 1.12. The molecule has 4 nitrogen and oxygen atoms in total. The van der Waals surface area contributed by atoms with Crippen molar-refractivity contribution in [3.8, 4) is 0 Å². The number of nitrogens with zero attached hydrogens (tertiary/aromatic N) is 1. The number of thioether (sulfide) groups is 1. The summed E-state index contributed by atoms with van der Waals surface area (Å²) in [5, 5.41) is 0.395. The summed E-state index contributed by atoms with van der Waals surface area (Å²) in [6.07, 6.45) is 0. The first-order valence-corrected chi connectivity index (χ1v) is 10.5. The SMILES string of the molecule is CC(C)Sc1nc2ccc(NS(=O)(=O)c3ccc(F)c(F)c3)cc2s1. The molecule has 0 amide bonds. The summed E-state index contributed by atoms with van der Waals surface area (Å²) < 4.78 is 55.1. The highest BCUT2D eigenvalue weighted by Gasteiger charge is 2.17. The number of hydrogen-bond acceptors (Lipinski definition) is 5. The Morgan fingerprint density at radius 3 is 2.56 bits per heavy atom. The molecule has 1 aromatic heterocycles. The molecule has 0 atom stereocenters. The smallest absolute Gasteiger partial charge is 0.261 e. The third kappa shape index (κ3) is 4.10. The third-order valence-corrected chi connectivity index (χ3v) is 6.65. The molecule has 0 aliphatic carbocycles. The first-order valence-electron chi connectivity index (χ1n) is 7.30. The number of rotatable bonds is 5. The van der Waals surface area contributed by atoms with Gasteiger partial charge in [0.15, 0.2) is 16.0 Å². The predicted octanol–water partition coefficient (Wildman–Crippen LogP) is 4.88. The van der Waals surface area contributed by atoms with E-state index in [0.29, 0.717) is 17.0 Å². The fraction of sp³-hybridized carbons (Fsp3) is 0.188. The molecule has 0 spiro atoms. The van der Waals surface area contributed by atoms with Gasteiger partial charge in [-0.1, -0.05) is 25.6 Å². The van der Waals surface area contributed by atoms with Crippen LogP contribution in [0.5, 0.6) is 0 Å². The molecule has 3 rings (SSSR count). The molecule has 132 valence electrons. The molecule has 0 bridgehead atoms. The van der Waals surface area contributed by atoms with Crippen LogP contribution in [0.25, 0.3) is 10.2 Å². The molecule has 2 aromatic carbocycles. The van der Waals surface area contributed by atoms with Gasteiger partial charge in [0.1, 0.15) is 0 Å². The first-order chi connectivity index (χ1) is 11.7. The number of thiazole rings is 1. The fourth-order valence-corrected chi connectivity index (χ4v) is 5.47. The van der Waals surface area contributed by atoms with Gasteiger partial charge in [0, 0.05) is 5.25 Å². The molecule has 25 heavy (non-hydrogen) atoms. The van der Waals surface area contributed by atoms with Crippen LogP contribution in [0, 0.1) is 11.6 Å². The molecule has 0 saturated carbocycles.